The Morgan fingerprint density at radius 2 is 2.33 bits per heavy atom. The van der Waals surface area contributed by atoms with Crippen molar-refractivity contribution in [2.45, 2.75) is 46.2 Å². The van der Waals surface area contributed by atoms with E-state index in [0.717, 1.165) is 31.6 Å². The van der Waals surface area contributed by atoms with Crippen LogP contribution in [0, 0.1) is 19.8 Å². The van der Waals surface area contributed by atoms with Gasteiger partial charge in [0.1, 0.15) is 0 Å². The van der Waals surface area contributed by atoms with E-state index in [1.165, 1.54) is 10.6 Å². The SMILES string of the molecule is Cc1cc(C)n(C[C@@H](C)CNC(=O)N2CCC[C@H]2c2cccs2)n1. The van der Waals surface area contributed by atoms with Crippen LogP contribution in [0.4, 0.5) is 4.79 Å². The molecule has 0 bridgehead atoms. The van der Waals surface area contributed by atoms with Crippen LogP contribution < -0.4 is 5.32 Å². The Hall–Kier alpha value is -1.82. The van der Waals surface area contributed by atoms with Gasteiger partial charge in [0, 0.05) is 30.2 Å². The number of hydrogen-bond donors (Lipinski definition) is 1. The summed E-state index contributed by atoms with van der Waals surface area (Å²) in [5, 5.41) is 9.69. The van der Waals surface area contributed by atoms with Crippen molar-refractivity contribution in [3.63, 3.8) is 0 Å². The number of aromatic nitrogens is 2. The average Bonchev–Trinajstić information content (AvgIpc) is 3.25. The van der Waals surface area contributed by atoms with Crippen LogP contribution in [0.25, 0.3) is 0 Å². The summed E-state index contributed by atoms with van der Waals surface area (Å²) in [6.45, 7) is 8.58. The number of hydrogen-bond acceptors (Lipinski definition) is 3. The molecule has 2 aromatic rings. The topological polar surface area (TPSA) is 50.2 Å². The Morgan fingerprint density at radius 1 is 1.50 bits per heavy atom. The Labute approximate surface area is 147 Å². The van der Waals surface area contributed by atoms with E-state index in [4.69, 9.17) is 0 Å². The molecular weight excluding hydrogens is 320 g/mol. The first-order valence-corrected chi connectivity index (χ1v) is 9.51. The minimum atomic E-state index is 0.0612. The summed E-state index contributed by atoms with van der Waals surface area (Å²) in [6.07, 6.45) is 2.15. The molecule has 3 rings (SSSR count). The predicted octanol–water partition coefficient (Wildman–Crippen LogP) is 3.74. The van der Waals surface area contributed by atoms with Gasteiger partial charge >= 0.3 is 6.03 Å². The van der Waals surface area contributed by atoms with Crippen LogP contribution in [0.2, 0.25) is 0 Å². The normalized spacial score (nSPS) is 18.8. The molecule has 0 unspecified atom stereocenters. The summed E-state index contributed by atoms with van der Waals surface area (Å²) in [6, 6.07) is 6.58. The molecule has 0 radical (unpaired) electrons. The van der Waals surface area contributed by atoms with Gasteiger partial charge in [-0.2, -0.15) is 5.10 Å². The number of nitrogens with one attached hydrogen (secondary N) is 1. The molecule has 1 N–H and O–H groups in total. The van der Waals surface area contributed by atoms with Gasteiger partial charge in [0.25, 0.3) is 0 Å². The van der Waals surface area contributed by atoms with Gasteiger partial charge in [-0.3, -0.25) is 4.68 Å². The molecular formula is C18H26N4OS. The van der Waals surface area contributed by atoms with Crippen molar-refractivity contribution < 1.29 is 4.79 Å². The van der Waals surface area contributed by atoms with E-state index in [-0.39, 0.29) is 12.1 Å². The van der Waals surface area contributed by atoms with E-state index in [9.17, 15) is 4.79 Å². The van der Waals surface area contributed by atoms with Crippen LogP contribution in [0.3, 0.4) is 0 Å². The number of thiophene rings is 1. The summed E-state index contributed by atoms with van der Waals surface area (Å²) in [4.78, 5) is 15.9. The predicted molar refractivity (Wildman–Crippen MR) is 97.3 cm³/mol. The van der Waals surface area contributed by atoms with Crippen molar-refractivity contribution in [3.05, 3.63) is 39.8 Å². The number of nitrogens with zero attached hydrogens (tertiary/aromatic N) is 3. The fourth-order valence-electron chi connectivity index (χ4n) is 3.37. The van der Waals surface area contributed by atoms with Gasteiger partial charge in [0.2, 0.25) is 0 Å². The number of aryl methyl sites for hydroxylation is 2. The lowest BCUT2D eigenvalue weighted by Gasteiger charge is -2.25. The zero-order valence-electron chi connectivity index (χ0n) is 14.7. The molecule has 0 saturated carbocycles. The van der Waals surface area contributed by atoms with E-state index in [1.54, 1.807) is 11.3 Å². The molecule has 1 aliphatic heterocycles. The molecule has 0 spiro atoms. The van der Waals surface area contributed by atoms with Crippen molar-refractivity contribution >= 4 is 17.4 Å². The molecule has 5 nitrogen and oxygen atoms in total. The van der Waals surface area contributed by atoms with E-state index in [0.29, 0.717) is 12.5 Å². The monoisotopic (exact) mass is 346 g/mol. The lowest BCUT2D eigenvalue weighted by molar-refractivity contribution is 0.191. The molecule has 1 aliphatic rings. The number of amides is 2. The molecule has 130 valence electrons. The van der Waals surface area contributed by atoms with Crippen molar-refractivity contribution in [2.75, 3.05) is 13.1 Å². The summed E-state index contributed by atoms with van der Waals surface area (Å²) in [5.41, 5.74) is 2.21. The second kappa shape index (κ2) is 7.38. The molecule has 2 aromatic heterocycles. The van der Waals surface area contributed by atoms with Gasteiger partial charge in [-0.05, 0) is 50.1 Å². The van der Waals surface area contributed by atoms with Crippen molar-refractivity contribution in [1.82, 2.24) is 20.0 Å². The van der Waals surface area contributed by atoms with Crippen LogP contribution in [0.1, 0.15) is 42.1 Å². The van der Waals surface area contributed by atoms with Gasteiger partial charge < -0.3 is 10.2 Å². The smallest absolute Gasteiger partial charge is 0.317 e. The van der Waals surface area contributed by atoms with Gasteiger partial charge in [0.15, 0.2) is 0 Å². The quantitative estimate of drug-likeness (QED) is 0.896. The number of likely N-dealkylation sites (tertiary alicyclic amines) is 1. The van der Waals surface area contributed by atoms with Crippen LogP contribution >= 0.6 is 11.3 Å². The lowest BCUT2D eigenvalue weighted by Crippen LogP contribution is -2.41. The minimum absolute atomic E-state index is 0.0612. The summed E-state index contributed by atoms with van der Waals surface area (Å²) >= 11 is 1.74. The van der Waals surface area contributed by atoms with Crippen LogP contribution in [0.15, 0.2) is 23.6 Å². The van der Waals surface area contributed by atoms with E-state index in [2.05, 4.69) is 47.8 Å². The summed E-state index contributed by atoms with van der Waals surface area (Å²) < 4.78 is 2.02. The van der Waals surface area contributed by atoms with Crippen LogP contribution in [0.5, 0.6) is 0 Å². The van der Waals surface area contributed by atoms with Gasteiger partial charge in [-0.25, -0.2) is 4.79 Å². The highest BCUT2D eigenvalue weighted by Crippen LogP contribution is 2.34. The van der Waals surface area contributed by atoms with Gasteiger partial charge in [-0.15, -0.1) is 11.3 Å². The van der Waals surface area contributed by atoms with E-state index in [1.807, 2.05) is 16.5 Å². The maximum absolute atomic E-state index is 12.6. The van der Waals surface area contributed by atoms with E-state index < -0.39 is 0 Å². The van der Waals surface area contributed by atoms with E-state index >= 15 is 0 Å². The van der Waals surface area contributed by atoms with Crippen molar-refractivity contribution in [2.24, 2.45) is 5.92 Å². The second-order valence-corrected chi connectivity index (χ2v) is 7.75. The van der Waals surface area contributed by atoms with Crippen LogP contribution in [-0.4, -0.2) is 33.8 Å². The molecule has 1 fully saturated rings. The molecule has 24 heavy (non-hydrogen) atoms. The molecule has 2 atom stereocenters. The first kappa shape index (κ1) is 17.0. The molecule has 0 aromatic carbocycles. The fourth-order valence-corrected chi connectivity index (χ4v) is 4.24. The largest absolute Gasteiger partial charge is 0.338 e. The Kier molecular flexibility index (Phi) is 5.23. The standard InChI is InChI=1S/C18H26N4OS/c1-13(12-22-15(3)10-14(2)20-22)11-19-18(23)21-8-4-6-16(21)17-7-5-9-24-17/h5,7,9-10,13,16H,4,6,8,11-12H2,1-3H3,(H,19,23)/t13-,16-/m0/s1. The highest BCUT2D eigenvalue weighted by molar-refractivity contribution is 7.10. The van der Waals surface area contributed by atoms with Gasteiger partial charge in [0.05, 0.1) is 11.7 Å². The molecule has 6 heteroatoms. The zero-order chi connectivity index (χ0) is 17.1. The third-order valence-electron chi connectivity index (χ3n) is 4.57. The molecule has 3 heterocycles. The maximum atomic E-state index is 12.6. The number of carbonyl (C=O) groups excluding carboxylic acids is 1. The second-order valence-electron chi connectivity index (χ2n) is 6.77. The molecule has 2 amide bonds. The highest BCUT2D eigenvalue weighted by atomic mass is 32.1. The highest BCUT2D eigenvalue weighted by Gasteiger charge is 2.30. The van der Waals surface area contributed by atoms with Crippen LogP contribution in [-0.2, 0) is 6.54 Å². The molecule has 0 aliphatic carbocycles. The fraction of sp³-hybridized carbons (Fsp3) is 0.556. The lowest BCUT2D eigenvalue weighted by atomic mass is 10.2. The van der Waals surface area contributed by atoms with Crippen molar-refractivity contribution in [1.29, 1.82) is 0 Å². The first-order valence-electron chi connectivity index (χ1n) is 8.63. The number of urea groups is 1. The Morgan fingerprint density at radius 3 is 3.00 bits per heavy atom. The Bertz CT molecular complexity index is 679. The third-order valence-corrected chi connectivity index (χ3v) is 5.55. The number of carbonyl (C=O) groups is 1. The summed E-state index contributed by atoms with van der Waals surface area (Å²) in [5.74, 6) is 0.342. The Balaban J connectivity index is 1.52. The summed E-state index contributed by atoms with van der Waals surface area (Å²) in [7, 11) is 0. The van der Waals surface area contributed by atoms with Gasteiger partial charge in [-0.1, -0.05) is 13.0 Å². The number of rotatable bonds is 5. The maximum Gasteiger partial charge on any atom is 0.317 e. The molecule has 1 saturated heterocycles. The average molecular weight is 346 g/mol. The zero-order valence-corrected chi connectivity index (χ0v) is 15.5. The van der Waals surface area contributed by atoms with Crippen molar-refractivity contribution in [3.8, 4) is 0 Å². The third kappa shape index (κ3) is 3.80. The first-order chi connectivity index (χ1) is 11.5. The minimum Gasteiger partial charge on any atom is -0.338 e.